The molecule has 1 unspecified atom stereocenters. The molecule has 0 aliphatic rings. The Labute approximate surface area is 159 Å². The van der Waals surface area contributed by atoms with Gasteiger partial charge in [-0.05, 0) is 50.6 Å². The number of benzene rings is 2. The van der Waals surface area contributed by atoms with Crippen LogP contribution >= 0.6 is 0 Å². The summed E-state index contributed by atoms with van der Waals surface area (Å²) in [4.78, 5) is 15.7. The monoisotopic (exact) mass is 368 g/mol. The lowest BCUT2D eigenvalue weighted by Crippen LogP contribution is -2.22. The molecule has 6 heteroatoms. The summed E-state index contributed by atoms with van der Waals surface area (Å²) in [5.41, 5.74) is 1.93. The number of methoxy groups -OCH3 is 1. The van der Waals surface area contributed by atoms with E-state index in [1.54, 1.807) is 36.4 Å². The minimum Gasteiger partial charge on any atom is -0.490 e. The zero-order valence-electron chi connectivity index (χ0n) is 16.0. The molecule has 0 saturated heterocycles. The minimum atomic E-state index is -0.721. The van der Waals surface area contributed by atoms with Crippen molar-refractivity contribution >= 4 is 17.3 Å². The van der Waals surface area contributed by atoms with Crippen molar-refractivity contribution in [2.75, 3.05) is 19.0 Å². The Morgan fingerprint density at radius 1 is 1.15 bits per heavy atom. The Hall–Kier alpha value is -3.20. The second kappa shape index (κ2) is 9.48. The summed E-state index contributed by atoms with van der Waals surface area (Å²) in [6.45, 7) is 13.3. The SMILES string of the molecule is [C-]#[N+]c1ccc(NC(C(=O)OC)c2ccc(OC(C)C)c(OCC)c2)cc1. The number of ether oxygens (including phenoxy) is 3. The van der Waals surface area contributed by atoms with Gasteiger partial charge in [0.1, 0.15) is 0 Å². The molecule has 0 radical (unpaired) electrons. The molecule has 0 heterocycles. The molecule has 0 amide bonds. The Kier molecular flexibility index (Phi) is 7.07. The molecule has 0 aliphatic heterocycles. The maximum atomic E-state index is 12.4. The molecule has 0 aromatic heterocycles. The van der Waals surface area contributed by atoms with Crippen LogP contribution in [0.25, 0.3) is 4.85 Å². The summed E-state index contributed by atoms with van der Waals surface area (Å²) in [5.74, 6) is 0.771. The number of nitrogens with zero attached hydrogens (tertiary/aromatic N) is 1. The van der Waals surface area contributed by atoms with Gasteiger partial charge in [0.2, 0.25) is 0 Å². The Balaban J connectivity index is 2.35. The fourth-order valence-corrected chi connectivity index (χ4v) is 2.52. The zero-order valence-corrected chi connectivity index (χ0v) is 16.0. The van der Waals surface area contributed by atoms with E-state index in [9.17, 15) is 4.79 Å². The van der Waals surface area contributed by atoms with E-state index >= 15 is 0 Å². The molecule has 0 fully saturated rings. The van der Waals surface area contributed by atoms with E-state index in [0.29, 0.717) is 35.0 Å². The van der Waals surface area contributed by atoms with Crippen LogP contribution in [-0.4, -0.2) is 25.8 Å². The van der Waals surface area contributed by atoms with Gasteiger partial charge in [-0.2, -0.15) is 0 Å². The summed E-state index contributed by atoms with van der Waals surface area (Å²) in [5, 5.41) is 3.15. The number of carbonyl (C=O) groups is 1. The fraction of sp³-hybridized carbons (Fsp3) is 0.333. The molecule has 2 rings (SSSR count). The molecule has 1 N–H and O–H groups in total. The van der Waals surface area contributed by atoms with Crippen LogP contribution in [0.2, 0.25) is 0 Å². The Morgan fingerprint density at radius 2 is 1.85 bits per heavy atom. The summed E-state index contributed by atoms with van der Waals surface area (Å²) in [6.07, 6.45) is 0.00514. The van der Waals surface area contributed by atoms with Gasteiger partial charge >= 0.3 is 5.97 Å². The van der Waals surface area contributed by atoms with Gasteiger partial charge in [-0.25, -0.2) is 9.64 Å². The second-order valence-electron chi connectivity index (χ2n) is 6.06. The van der Waals surface area contributed by atoms with Crippen LogP contribution in [0.1, 0.15) is 32.4 Å². The van der Waals surface area contributed by atoms with E-state index in [1.165, 1.54) is 7.11 Å². The van der Waals surface area contributed by atoms with Crippen molar-refractivity contribution in [3.63, 3.8) is 0 Å². The number of anilines is 1. The smallest absolute Gasteiger partial charge is 0.332 e. The Bertz CT molecular complexity index is 810. The van der Waals surface area contributed by atoms with Crippen LogP contribution in [0.15, 0.2) is 42.5 Å². The van der Waals surface area contributed by atoms with Gasteiger partial charge in [0.15, 0.2) is 23.2 Å². The molecule has 0 bridgehead atoms. The predicted octanol–water partition coefficient (Wildman–Crippen LogP) is 4.75. The molecule has 1 atom stereocenters. The van der Waals surface area contributed by atoms with Crippen LogP contribution in [0.5, 0.6) is 11.5 Å². The quantitative estimate of drug-likeness (QED) is 0.538. The molecular formula is C21H24N2O4. The van der Waals surface area contributed by atoms with E-state index in [0.717, 1.165) is 0 Å². The largest absolute Gasteiger partial charge is 0.490 e. The molecule has 0 saturated carbocycles. The highest BCUT2D eigenvalue weighted by atomic mass is 16.5. The second-order valence-corrected chi connectivity index (χ2v) is 6.06. The average molecular weight is 368 g/mol. The topological polar surface area (TPSA) is 61.2 Å². The number of hydrogen-bond donors (Lipinski definition) is 1. The number of hydrogen-bond acceptors (Lipinski definition) is 5. The van der Waals surface area contributed by atoms with Crippen molar-refractivity contribution in [2.24, 2.45) is 0 Å². The maximum Gasteiger partial charge on any atom is 0.332 e. The fourth-order valence-electron chi connectivity index (χ4n) is 2.52. The number of carbonyl (C=O) groups excluding carboxylic acids is 1. The van der Waals surface area contributed by atoms with Crippen molar-refractivity contribution in [3.8, 4) is 11.5 Å². The van der Waals surface area contributed by atoms with E-state index in [-0.39, 0.29) is 6.10 Å². The molecule has 6 nitrogen and oxygen atoms in total. The summed E-state index contributed by atoms with van der Waals surface area (Å²) in [7, 11) is 1.35. The summed E-state index contributed by atoms with van der Waals surface area (Å²) >= 11 is 0. The zero-order chi connectivity index (χ0) is 19.8. The van der Waals surface area contributed by atoms with E-state index in [1.807, 2.05) is 26.8 Å². The highest BCUT2D eigenvalue weighted by Gasteiger charge is 2.23. The first-order chi connectivity index (χ1) is 13.0. The van der Waals surface area contributed by atoms with Gasteiger partial charge < -0.3 is 19.5 Å². The summed E-state index contributed by atoms with van der Waals surface area (Å²) < 4.78 is 16.4. The highest BCUT2D eigenvalue weighted by molar-refractivity contribution is 5.81. The van der Waals surface area contributed by atoms with Crippen molar-refractivity contribution in [3.05, 3.63) is 59.4 Å². The van der Waals surface area contributed by atoms with Gasteiger partial charge in [-0.15, -0.1) is 0 Å². The summed E-state index contributed by atoms with van der Waals surface area (Å²) in [6, 6.07) is 11.5. The lowest BCUT2D eigenvalue weighted by Gasteiger charge is -2.21. The Morgan fingerprint density at radius 3 is 2.41 bits per heavy atom. The van der Waals surface area contributed by atoms with Gasteiger partial charge in [0.05, 0.1) is 26.4 Å². The number of rotatable bonds is 8. The van der Waals surface area contributed by atoms with Crippen LogP contribution in [0, 0.1) is 6.57 Å². The standard InChI is InChI=1S/C21H24N2O4/c1-6-26-19-13-15(7-12-18(19)27-14(2)3)20(21(24)25-5)23-17-10-8-16(22-4)9-11-17/h7-14,20,23H,6H2,1-3,5H3. The van der Waals surface area contributed by atoms with Gasteiger partial charge in [-0.3, -0.25) is 0 Å². The molecule has 27 heavy (non-hydrogen) atoms. The van der Waals surface area contributed by atoms with Crippen molar-refractivity contribution < 1.29 is 19.0 Å². The first kappa shape index (κ1) is 20.1. The van der Waals surface area contributed by atoms with Crippen LogP contribution in [-0.2, 0) is 9.53 Å². The predicted molar refractivity (Wildman–Crippen MR) is 104 cm³/mol. The third kappa shape index (κ3) is 5.38. The highest BCUT2D eigenvalue weighted by Crippen LogP contribution is 2.33. The van der Waals surface area contributed by atoms with Crippen molar-refractivity contribution in [2.45, 2.75) is 32.9 Å². The molecule has 142 valence electrons. The minimum absolute atomic E-state index is 0.00514. The van der Waals surface area contributed by atoms with Gasteiger partial charge in [0.25, 0.3) is 0 Å². The average Bonchev–Trinajstić information content (AvgIpc) is 2.67. The molecule has 0 spiro atoms. The lowest BCUT2D eigenvalue weighted by atomic mass is 10.1. The third-order valence-corrected chi connectivity index (χ3v) is 3.71. The normalized spacial score (nSPS) is 11.4. The molecule has 0 aliphatic carbocycles. The van der Waals surface area contributed by atoms with Crippen molar-refractivity contribution in [1.82, 2.24) is 0 Å². The van der Waals surface area contributed by atoms with Gasteiger partial charge in [0, 0.05) is 5.69 Å². The number of esters is 1. The van der Waals surface area contributed by atoms with Gasteiger partial charge in [-0.1, -0.05) is 18.2 Å². The number of nitrogens with one attached hydrogen (secondary N) is 1. The third-order valence-electron chi connectivity index (χ3n) is 3.71. The maximum absolute atomic E-state index is 12.4. The molecular weight excluding hydrogens is 344 g/mol. The first-order valence-electron chi connectivity index (χ1n) is 8.73. The van der Waals surface area contributed by atoms with Crippen LogP contribution in [0.4, 0.5) is 11.4 Å². The van der Waals surface area contributed by atoms with Crippen LogP contribution in [0.3, 0.4) is 0 Å². The van der Waals surface area contributed by atoms with Crippen LogP contribution < -0.4 is 14.8 Å². The molecule has 2 aromatic rings. The van der Waals surface area contributed by atoms with E-state index < -0.39 is 12.0 Å². The first-order valence-corrected chi connectivity index (χ1v) is 8.73. The van der Waals surface area contributed by atoms with Crippen molar-refractivity contribution in [1.29, 1.82) is 0 Å². The van der Waals surface area contributed by atoms with E-state index in [4.69, 9.17) is 20.8 Å². The lowest BCUT2D eigenvalue weighted by molar-refractivity contribution is -0.141. The van der Waals surface area contributed by atoms with E-state index in [2.05, 4.69) is 10.2 Å². The molecule has 2 aromatic carbocycles.